The molecule has 1 heterocycles. The zero-order chi connectivity index (χ0) is 20.9. The molecular weight excluding hydrogens is 416 g/mol. The van der Waals surface area contributed by atoms with Gasteiger partial charge < -0.3 is 14.8 Å². The monoisotopic (exact) mass is 438 g/mol. The molecule has 0 unspecified atom stereocenters. The number of nitrogens with zero attached hydrogens (tertiary/aromatic N) is 1. The Bertz CT molecular complexity index is 944. The number of hydrogen-bond donors (Lipinski definition) is 1. The molecule has 7 nitrogen and oxygen atoms in total. The van der Waals surface area contributed by atoms with Gasteiger partial charge in [-0.25, -0.2) is 8.42 Å². The van der Waals surface area contributed by atoms with Crippen LogP contribution in [0.15, 0.2) is 53.4 Å². The Balaban J connectivity index is 1.66. The van der Waals surface area contributed by atoms with E-state index in [1.807, 2.05) is 6.92 Å². The summed E-state index contributed by atoms with van der Waals surface area (Å²) in [6.07, 6.45) is -0.285. The van der Waals surface area contributed by atoms with Crippen LogP contribution in [-0.2, 0) is 19.6 Å². The third-order valence-electron chi connectivity index (χ3n) is 4.50. The third-order valence-corrected chi connectivity index (χ3v) is 6.72. The SMILES string of the molecule is CC[C@@H](Oc1ccccc1Cl)C(=O)Nc1ccc(S(=O)(=O)N2CCOCC2)cc1. The molecule has 0 radical (unpaired) electrons. The predicted molar refractivity (Wildman–Crippen MR) is 111 cm³/mol. The first kappa shape index (κ1) is 21.6. The van der Waals surface area contributed by atoms with E-state index in [-0.39, 0.29) is 10.8 Å². The van der Waals surface area contributed by atoms with E-state index < -0.39 is 16.1 Å². The Morgan fingerprint density at radius 1 is 1.17 bits per heavy atom. The lowest BCUT2D eigenvalue weighted by molar-refractivity contribution is -0.122. The predicted octanol–water partition coefficient (Wildman–Crippen LogP) is 3.16. The number of nitrogens with one attached hydrogen (secondary N) is 1. The summed E-state index contributed by atoms with van der Waals surface area (Å²) in [4.78, 5) is 12.7. The molecule has 1 amide bonds. The van der Waals surface area contributed by atoms with Gasteiger partial charge in [-0.3, -0.25) is 4.79 Å². The van der Waals surface area contributed by atoms with Gasteiger partial charge in [0.05, 0.1) is 23.1 Å². The van der Waals surface area contributed by atoms with Crippen molar-refractivity contribution in [3.8, 4) is 5.75 Å². The lowest BCUT2D eigenvalue weighted by Gasteiger charge is -2.26. The number of sulfonamides is 1. The number of anilines is 1. The summed E-state index contributed by atoms with van der Waals surface area (Å²) in [5.41, 5.74) is 0.483. The summed E-state index contributed by atoms with van der Waals surface area (Å²) in [5.74, 6) is 0.0966. The van der Waals surface area contributed by atoms with E-state index in [2.05, 4.69) is 5.32 Å². The Hall–Kier alpha value is -2.13. The van der Waals surface area contributed by atoms with Gasteiger partial charge in [0, 0.05) is 18.8 Å². The number of hydrogen-bond acceptors (Lipinski definition) is 5. The van der Waals surface area contributed by atoms with Crippen molar-refractivity contribution in [1.82, 2.24) is 4.31 Å². The molecule has 1 fully saturated rings. The van der Waals surface area contributed by atoms with Crippen molar-refractivity contribution in [2.45, 2.75) is 24.3 Å². The number of carbonyl (C=O) groups excluding carboxylic acids is 1. The number of halogens is 1. The van der Waals surface area contributed by atoms with Crippen LogP contribution in [0.1, 0.15) is 13.3 Å². The number of para-hydroxylation sites is 1. The van der Waals surface area contributed by atoms with E-state index in [4.69, 9.17) is 21.1 Å². The normalized spacial score (nSPS) is 16.2. The van der Waals surface area contributed by atoms with Crippen LogP contribution in [-0.4, -0.2) is 51.0 Å². The molecule has 156 valence electrons. The quantitative estimate of drug-likeness (QED) is 0.717. The van der Waals surface area contributed by atoms with Crippen molar-refractivity contribution >= 4 is 33.2 Å². The van der Waals surface area contributed by atoms with Crippen molar-refractivity contribution in [3.63, 3.8) is 0 Å². The first-order valence-electron chi connectivity index (χ1n) is 9.32. The molecular formula is C20H23ClN2O5S. The van der Waals surface area contributed by atoms with Crippen molar-refractivity contribution in [1.29, 1.82) is 0 Å². The summed E-state index contributed by atoms with van der Waals surface area (Å²) in [7, 11) is -3.57. The highest BCUT2D eigenvalue weighted by Crippen LogP contribution is 2.25. The van der Waals surface area contributed by atoms with Gasteiger partial charge in [-0.05, 0) is 42.8 Å². The van der Waals surface area contributed by atoms with E-state index in [1.54, 1.807) is 36.4 Å². The molecule has 0 spiro atoms. The maximum absolute atomic E-state index is 12.7. The molecule has 0 saturated carbocycles. The van der Waals surface area contributed by atoms with E-state index in [0.717, 1.165) is 0 Å². The molecule has 0 aromatic heterocycles. The summed E-state index contributed by atoms with van der Waals surface area (Å²) in [6, 6.07) is 13.0. The molecule has 9 heteroatoms. The van der Waals surface area contributed by atoms with Gasteiger partial charge in [0.2, 0.25) is 10.0 Å². The second-order valence-corrected chi connectivity index (χ2v) is 8.82. The Morgan fingerprint density at radius 2 is 1.83 bits per heavy atom. The Morgan fingerprint density at radius 3 is 2.45 bits per heavy atom. The molecule has 0 aliphatic carbocycles. The summed E-state index contributed by atoms with van der Waals surface area (Å²) in [5, 5.41) is 3.18. The van der Waals surface area contributed by atoms with Gasteiger partial charge in [-0.15, -0.1) is 0 Å². The standard InChI is InChI=1S/C20H23ClN2O5S/c1-2-18(28-19-6-4-3-5-17(19)21)20(24)22-15-7-9-16(10-8-15)29(25,26)23-11-13-27-14-12-23/h3-10,18H,2,11-14H2,1H3,(H,22,24)/t18-/m1/s1. The number of rotatable bonds is 7. The minimum absolute atomic E-state index is 0.178. The van der Waals surface area contributed by atoms with Gasteiger partial charge in [-0.2, -0.15) is 4.31 Å². The van der Waals surface area contributed by atoms with Gasteiger partial charge in [-0.1, -0.05) is 30.7 Å². The van der Waals surface area contributed by atoms with Gasteiger partial charge in [0.15, 0.2) is 6.10 Å². The molecule has 1 aliphatic heterocycles. The second kappa shape index (κ2) is 9.58. The molecule has 1 N–H and O–H groups in total. The van der Waals surface area contributed by atoms with Crippen LogP contribution in [0.4, 0.5) is 5.69 Å². The zero-order valence-corrected chi connectivity index (χ0v) is 17.6. The van der Waals surface area contributed by atoms with Gasteiger partial charge in [0.25, 0.3) is 5.91 Å². The average Bonchev–Trinajstić information content (AvgIpc) is 2.74. The number of ether oxygens (including phenoxy) is 2. The summed E-state index contributed by atoms with van der Waals surface area (Å²) < 4.78 is 37.6. The lowest BCUT2D eigenvalue weighted by atomic mass is 10.2. The maximum Gasteiger partial charge on any atom is 0.265 e. The minimum Gasteiger partial charge on any atom is -0.479 e. The fourth-order valence-electron chi connectivity index (χ4n) is 2.88. The smallest absolute Gasteiger partial charge is 0.265 e. The van der Waals surface area contributed by atoms with E-state index in [1.165, 1.54) is 16.4 Å². The first-order chi connectivity index (χ1) is 13.9. The van der Waals surface area contributed by atoms with Gasteiger partial charge >= 0.3 is 0 Å². The van der Waals surface area contributed by atoms with Crippen molar-refractivity contribution in [2.24, 2.45) is 0 Å². The Kier molecular flexibility index (Phi) is 7.13. The van der Waals surface area contributed by atoms with Crippen LogP contribution in [0.25, 0.3) is 0 Å². The molecule has 0 bridgehead atoms. The fraction of sp³-hybridized carbons (Fsp3) is 0.350. The average molecular weight is 439 g/mol. The summed E-state index contributed by atoms with van der Waals surface area (Å²) >= 11 is 6.09. The molecule has 29 heavy (non-hydrogen) atoms. The topological polar surface area (TPSA) is 84.9 Å². The van der Waals surface area contributed by atoms with E-state index in [0.29, 0.717) is 49.2 Å². The third kappa shape index (κ3) is 5.27. The molecule has 3 rings (SSSR count). The van der Waals surface area contributed by atoms with Crippen LogP contribution in [0.5, 0.6) is 5.75 Å². The zero-order valence-electron chi connectivity index (χ0n) is 16.0. The van der Waals surface area contributed by atoms with Crippen molar-refractivity contribution in [2.75, 3.05) is 31.6 Å². The second-order valence-electron chi connectivity index (χ2n) is 6.48. The summed E-state index contributed by atoms with van der Waals surface area (Å²) in [6.45, 7) is 3.27. The van der Waals surface area contributed by atoms with Crippen molar-refractivity contribution in [3.05, 3.63) is 53.6 Å². The highest BCUT2D eigenvalue weighted by molar-refractivity contribution is 7.89. The highest BCUT2D eigenvalue weighted by Gasteiger charge is 2.26. The van der Waals surface area contributed by atoms with Crippen LogP contribution < -0.4 is 10.1 Å². The molecule has 1 aliphatic rings. The maximum atomic E-state index is 12.7. The number of amides is 1. The largest absolute Gasteiger partial charge is 0.479 e. The van der Waals surface area contributed by atoms with Crippen LogP contribution in [0, 0.1) is 0 Å². The first-order valence-corrected chi connectivity index (χ1v) is 11.1. The van der Waals surface area contributed by atoms with Crippen LogP contribution in [0.3, 0.4) is 0 Å². The van der Waals surface area contributed by atoms with Crippen LogP contribution in [0.2, 0.25) is 5.02 Å². The van der Waals surface area contributed by atoms with E-state index >= 15 is 0 Å². The van der Waals surface area contributed by atoms with Gasteiger partial charge in [0.1, 0.15) is 5.75 Å². The molecule has 2 aromatic rings. The highest BCUT2D eigenvalue weighted by atomic mass is 35.5. The minimum atomic E-state index is -3.57. The molecule has 1 atom stereocenters. The Labute approximate surface area is 175 Å². The number of carbonyl (C=O) groups is 1. The molecule has 2 aromatic carbocycles. The molecule has 1 saturated heterocycles. The number of benzene rings is 2. The van der Waals surface area contributed by atoms with Crippen LogP contribution >= 0.6 is 11.6 Å². The van der Waals surface area contributed by atoms with E-state index in [9.17, 15) is 13.2 Å². The fourth-order valence-corrected chi connectivity index (χ4v) is 4.47. The lowest BCUT2D eigenvalue weighted by Crippen LogP contribution is -2.40. The number of morpholine rings is 1. The van der Waals surface area contributed by atoms with Crippen molar-refractivity contribution < 1.29 is 22.7 Å².